The van der Waals surface area contributed by atoms with Crippen LogP contribution in [0.1, 0.15) is 18.2 Å². The summed E-state index contributed by atoms with van der Waals surface area (Å²) in [7, 11) is 0. The fourth-order valence-electron chi connectivity index (χ4n) is 1.84. The summed E-state index contributed by atoms with van der Waals surface area (Å²) in [6.45, 7) is 5.75. The number of hydrogen-bond acceptors (Lipinski definition) is 3. The second-order valence-corrected chi connectivity index (χ2v) is 4.34. The van der Waals surface area contributed by atoms with Crippen molar-refractivity contribution in [1.82, 2.24) is 9.97 Å². The summed E-state index contributed by atoms with van der Waals surface area (Å²) >= 11 is 0. The van der Waals surface area contributed by atoms with E-state index < -0.39 is 5.82 Å². The minimum atomic E-state index is -0.473. The van der Waals surface area contributed by atoms with Crippen LogP contribution >= 0.6 is 0 Å². The van der Waals surface area contributed by atoms with Gasteiger partial charge in [-0.15, -0.1) is 0 Å². The van der Waals surface area contributed by atoms with E-state index in [9.17, 15) is 8.78 Å². The van der Waals surface area contributed by atoms with Gasteiger partial charge in [-0.3, -0.25) is 0 Å². The van der Waals surface area contributed by atoms with Crippen molar-refractivity contribution in [2.45, 2.75) is 20.8 Å². The van der Waals surface area contributed by atoms with Crippen molar-refractivity contribution >= 4 is 5.82 Å². The zero-order chi connectivity index (χ0) is 14.0. The number of anilines is 1. The number of benzene rings is 1. The number of nitrogens with zero attached hydrogens (tertiary/aromatic N) is 2. The lowest BCUT2D eigenvalue weighted by Gasteiger charge is -2.09. The lowest BCUT2D eigenvalue weighted by atomic mass is 10.1. The van der Waals surface area contributed by atoms with Crippen LogP contribution in [0.5, 0.6) is 0 Å². The van der Waals surface area contributed by atoms with Crippen molar-refractivity contribution in [3.63, 3.8) is 0 Å². The van der Waals surface area contributed by atoms with Gasteiger partial charge < -0.3 is 5.32 Å². The van der Waals surface area contributed by atoms with E-state index in [0.29, 0.717) is 17.9 Å². The largest absolute Gasteiger partial charge is 0.368 e. The highest BCUT2D eigenvalue weighted by molar-refractivity contribution is 5.59. The maximum Gasteiger partial charge on any atom is 0.186 e. The standard InChI is InChI=1S/C14H15F2N3/c1-4-17-14-12(16)9(3)18-13(19-14)10-5-8(2)6-11(15)7-10/h5-7H,4H2,1-3H3,(H,17,18,19). The van der Waals surface area contributed by atoms with Crippen LogP contribution in [-0.4, -0.2) is 16.5 Å². The molecule has 0 aliphatic rings. The van der Waals surface area contributed by atoms with Crippen molar-refractivity contribution in [2.24, 2.45) is 0 Å². The molecule has 1 aromatic heterocycles. The molecule has 3 nitrogen and oxygen atoms in total. The zero-order valence-corrected chi connectivity index (χ0v) is 11.1. The second kappa shape index (κ2) is 5.30. The van der Waals surface area contributed by atoms with Crippen LogP contribution < -0.4 is 5.32 Å². The van der Waals surface area contributed by atoms with Crippen LogP contribution in [0.25, 0.3) is 11.4 Å². The highest BCUT2D eigenvalue weighted by Gasteiger charge is 2.12. The van der Waals surface area contributed by atoms with Crippen LogP contribution in [0.15, 0.2) is 18.2 Å². The summed E-state index contributed by atoms with van der Waals surface area (Å²) in [4.78, 5) is 8.19. The SMILES string of the molecule is CCNc1nc(-c2cc(C)cc(F)c2)nc(C)c1F. The summed E-state index contributed by atoms with van der Waals surface area (Å²) in [5, 5.41) is 2.84. The smallest absolute Gasteiger partial charge is 0.186 e. The quantitative estimate of drug-likeness (QED) is 0.921. The molecular formula is C14H15F2N3. The molecular weight excluding hydrogens is 248 g/mol. The molecule has 0 amide bonds. The summed E-state index contributed by atoms with van der Waals surface area (Å²) < 4.78 is 27.2. The monoisotopic (exact) mass is 263 g/mol. The summed E-state index contributed by atoms with van der Waals surface area (Å²) in [6.07, 6.45) is 0. The van der Waals surface area contributed by atoms with Crippen molar-refractivity contribution in [2.75, 3.05) is 11.9 Å². The summed E-state index contributed by atoms with van der Waals surface area (Å²) in [5.74, 6) is -0.367. The van der Waals surface area contributed by atoms with Crippen LogP contribution in [-0.2, 0) is 0 Å². The molecule has 2 rings (SSSR count). The van der Waals surface area contributed by atoms with Gasteiger partial charge in [-0.2, -0.15) is 0 Å². The van der Waals surface area contributed by atoms with Gasteiger partial charge >= 0.3 is 0 Å². The Kier molecular flexibility index (Phi) is 3.74. The predicted octanol–water partition coefficient (Wildman–Crippen LogP) is 3.47. The van der Waals surface area contributed by atoms with Crippen molar-refractivity contribution in [3.05, 3.63) is 41.1 Å². The maximum atomic E-state index is 13.8. The molecule has 1 N–H and O–H groups in total. The van der Waals surface area contributed by atoms with E-state index in [1.165, 1.54) is 12.1 Å². The molecule has 0 atom stereocenters. The van der Waals surface area contributed by atoms with Crippen molar-refractivity contribution < 1.29 is 8.78 Å². The number of rotatable bonds is 3. The highest BCUT2D eigenvalue weighted by atomic mass is 19.1. The predicted molar refractivity (Wildman–Crippen MR) is 71.0 cm³/mol. The molecule has 2 aromatic rings. The molecule has 100 valence electrons. The Morgan fingerprint density at radius 2 is 1.84 bits per heavy atom. The van der Waals surface area contributed by atoms with E-state index >= 15 is 0 Å². The van der Waals surface area contributed by atoms with Crippen LogP contribution in [0, 0.1) is 25.5 Å². The molecule has 0 unspecified atom stereocenters. The molecule has 0 bridgehead atoms. The van der Waals surface area contributed by atoms with Gasteiger partial charge in [-0.05, 0) is 44.5 Å². The van der Waals surface area contributed by atoms with Crippen molar-refractivity contribution in [1.29, 1.82) is 0 Å². The number of aromatic nitrogens is 2. The van der Waals surface area contributed by atoms with Gasteiger partial charge in [0.2, 0.25) is 0 Å². The van der Waals surface area contributed by atoms with E-state index in [0.717, 1.165) is 5.56 Å². The number of nitrogens with one attached hydrogen (secondary N) is 1. The molecule has 0 radical (unpaired) electrons. The van der Waals surface area contributed by atoms with Gasteiger partial charge in [0.15, 0.2) is 17.5 Å². The van der Waals surface area contributed by atoms with Crippen molar-refractivity contribution in [3.8, 4) is 11.4 Å². The van der Waals surface area contributed by atoms with E-state index in [-0.39, 0.29) is 17.3 Å². The molecule has 5 heteroatoms. The lowest BCUT2D eigenvalue weighted by molar-refractivity contribution is 0.606. The van der Waals surface area contributed by atoms with E-state index in [4.69, 9.17) is 0 Å². The molecule has 0 aliphatic carbocycles. The first-order chi connectivity index (χ1) is 9.01. The molecule has 0 spiro atoms. The normalized spacial score (nSPS) is 10.6. The molecule has 0 saturated carbocycles. The average molecular weight is 263 g/mol. The Morgan fingerprint density at radius 1 is 1.11 bits per heavy atom. The van der Waals surface area contributed by atoms with Crippen LogP contribution in [0.2, 0.25) is 0 Å². The molecule has 1 heterocycles. The fourth-order valence-corrected chi connectivity index (χ4v) is 1.84. The molecule has 0 aliphatic heterocycles. The third kappa shape index (κ3) is 2.86. The van der Waals surface area contributed by atoms with Gasteiger partial charge in [-0.1, -0.05) is 0 Å². The first-order valence-corrected chi connectivity index (χ1v) is 6.07. The lowest BCUT2D eigenvalue weighted by Crippen LogP contribution is -2.07. The number of halogens is 2. The number of aryl methyl sites for hydroxylation is 2. The Bertz CT molecular complexity index is 592. The van der Waals surface area contributed by atoms with Gasteiger partial charge in [-0.25, -0.2) is 18.7 Å². The van der Waals surface area contributed by atoms with Crippen LogP contribution in [0.3, 0.4) is 0 Å². The third-order valence-electron chi connectivity index (χ3n) is 2.66. The minimum absolute atomic E-state index is 0.145. The molecule has 0 saturated heterocycles. The van der Waals surface area contributed by atoms with Gasteiger partial charge in [0.25, 0.3) is 0 Å². The molecule has 19 heavy (non-hydrogen) atoms. The first kappa shape index (κ1) is 13.4. The Balaban J connectivity index is 2.55. The molecule has 1 aromatic carbocycles. The highest BCUT2D eigenvalue weighted by Crippen LogP contribution is 2.22. The fraction of sp³-hybridized carbons (Fsp3) is 0.286. The number of hydrogen-bond donors (Lipinski definition) is 1. The average Bonchev–Trinajstić information content (AvgIpc) is 2.33. The molecule has 0 fully saturated rings. The first-order valence-electron chi connectivity index (χ1n) is 6.07. The van der Waals surface area contributed by atoms with E-state index in [1.54, 1.807) is 19.9 Å². The topological polar surface area (TPSA) is 37.8 Å². The van der Waals surface area contributed by atoms with E-state index in [2.05, 4.69) is 15.3 Å². The minimum Gasteiger partial charge on any atom is -0.368 e. The third-order valence-corrected chi connectivity index (χ3v) is 2.66. The Morgan fingerprint density at radius 3 is 2.47 bits per heavy atom. The summed E-state index contributed by atoms with van der Waals surface area (Å²) in [5.41, 5.74) is 1.55. The Hall–Kier alpha value is -2.04. The van der Waals surface area contributed by atoms with Crippen LogP contribution in [0.4, 0.5) is 14.6 Å². The summed E-state index contributed by atoms with van der Waals surface area (Å²) in [6, 6.07) is 4.53. The van der Waals surface area contributed by atoms with Gasteiger partial charge in [0.1, 0.15) is 5.82 Å². The van der Waals surface area contributed by atoms with E-state index in [1.807, 2.05) is 6.92 Å². The second-order valence-electron chi connectivity index (χ2n) is 4.34. The van der Waals surface area contributed by atoms with Gasteiger partial charge in [0.05, 0.1) is 5.69 Å². The zero-order valence-electron chi connectivity index (χ0n) is 11.1. The Labute approximate surface area is 110 Å². The van der Waals surface area contributed by atoms with Gasteiger partial charge in [0, 0.05) is 12.1 Å². The maximum absolute atomic E-state index is 13.8.